The van der Waals surface area contributed by atoms with Gasteiger partial charge in [-0.2, -0.15) is 0 Å². The SMILES string of the molecule is Cc1ccc(/C=C(/Sc2nnc(-c3ccc(F)cc3)o2)C(=O)O)s1. The monoisotopic (exact) mass is 362 g/mol. The number of thioether (sulfide) groups is 1. The highest BCUT2D eigenvalue weighted by molar-refractivity contribution is 8.03. The second-order valence-corrected chi connectivity index (χ2v) is 7.06. The number of hydrogen-bond donors (Lipinski definition) is 1. The van der Waals surface area contributed by atoms with Gasteiger partial charge in [-0.15, -0.1) is 21.5 Å². The lowest BCUT2D eigenvalue weighted by molar-refractivity contribution is -0.131. The van der Waals surface area contributed by atoms with Gasteiger partial charge in [0.1, 0.15) is 10.7 Å². The Labute approximate surface area is 144 Å². The van der Waals surface area contributed by atoms with E-state index in [1.165, 1.54) is 35.6 Å². The van der Waals surface area contributed by atoms with Crippen LogP contribution in [0.4, 0.5) is 4.39 Å². The van der Waals surface area contributed by atoms with Gasteiger partial charge in [0.2, 0.25) is 5.89 Å². The van der Waals surface area contributed by atoms with Crippen LogP contribution in [0.1, 0.15) is 9.75 Å². The Bertz CT molecular complexity index is 900. The van der Waals surface area contributed by atoms with E-state index in [1.807, 2.05) is 19.1 Å². The predicted molar refractivity (Wildman–Crippen MR) is 90.2 cm³/mol. The van der Waals surface area contributed by atoms with Crippen LogP contribution in [-0.4, -0.2) is 21.3 Å². The number of aliphatic carboxylic acids is 1. The lowest BCUT2D eigenvalue weighted by Gasteiger charge is -1.97. The van der Waals surface area contributed by atoms with Crippen LogP contribution in [-0.2, 0) is 4.79 Å². The van der Waals surface area contributed by atoms with Crippen molar-refractivity contribution >= 4 is 35.1 Å². The van der Waals surface area contributed by atoms with Gasteiger partial charge in [0, 0.05) is 15.3 Å². The van der Waals surface area contributed by atoms with Gasteiger partial charge < -0.3 is 9.52 Å². The lowest BCUT2D eigenvalue weighted by Crippen LogP contribution is -1.96. The van der Waals surface area contributed by atoms with Gasteiger partial charge in [-0.25, -0.2) is 9.18 Å². The summed E-state index contributed by atoms with van der Waals surface area (Å²) >= 11 is 2.37. The van der Waals surface area contributed by atoms with E-state index in [-0.39, 0.29) is 21.8 Å². The van der Waals surface area contributed by atoms with E-state index in [1.54, 1.807) is 6.08 Å². The molecule has 0 radical (unpaired) electrons. The van der Waals surface area contributed by atoms with E-state index in [2.05, 4.69) is 10.2 Å². The first-order chi connectivity index (χ1) is 11.5. The second-order valence-electron chi connectivity index (χ2n) is 4.74. The van der Waals surface area contributed by atoms with Crippen LogP contribution in [0.5, 0.6) is 0 Å². The van der Waals surface area contributed by atoms with Crippen molar-refractivity contribution in [2.75, 3.05) is 0 Å². The summed E-state index contributed by atoms with van der Waals surface area (Å²) in [6.07, 6.45) is 1.56. The fraction of sp³-hybridized carbons (Fsp3) is 0.0625. The molecule has 1 aromatic carbocycles. The number of carbonyl (C=O) groups is 1. The molecule has 8 heteroatoms. The highest BCUT2D eigenvalue weighted by Gasteiger charge is 2.16. The normalized spacial score (nSPS) is 11.7. The Morgan fingerprint density at radius 2 is 2.00 bits per heavy atom. The zero-order valence-corrected chi connectivity index (χ0v) is 14.0. The van der Waals surface area contributed by atoms with Crippen LogP contribution in [0.3, 0.4) is 0 Å². The first-order valence-corrected chi connectivity index (χ1v) is 8.43. The van der Waals surface area contributed by atoms with Gasteiger partial charge in [0.05, 0.1) is 0 Å². The minimum Gasteiger partial charge on any atom is -0.477 e. The van der Waals surface area contributed by atoms with Crippen LogP contribution in [0.25, 0.3) is 17.5 Å². The van der Waals surface area contributed by atoms with Crippen molar-refractivity contribution in [3.8, 4) is 11.5 Å². The Morgan fingerprint density at radius 3 is 2.62 bits per heavy atom. The summed E-state index contributed by atoms with van der Waals surface area (Å²) < 4.78 is 18.4. The molecular weight excluding hydrogens is 351 g/mol. The molecule has 0 unspecified atom stereocenters. The maximum atomic E-state index is 12.9. The number of carboxylic acids is 1. The van der Waals surface area contributed by atoms with Crippen molar-refractivity contribution in [3.05, 3.63) is 56.9 Å². The number of nitrogens with zero attached hydrogens (tertiary/aromatic N) is 2. The van der Waals surface area contributed by atoms with Crippen LogP contribution < -0.4 is 0 Å². The zero-order valence-electron chi connectivity index (χ0n) is 12.4. The van der Waals surface area contributed by atoms with E-state index >= 15 is 0 Å². The van der Waals surface area contributed by atoms with Crippen molar-refractivity contribution in [1.82, 2.24) is 10.2 Å². The molecule has 2 aromatic heterocycles. The summed E-state index contributed by atoms with van der Waals surface area (Å²) in [7, 11) is 0. The Morgan fingerprint density at radius 1 is 1.25 bits per heavy atom. The molecule has 0 amide bonds. The van der Waals surface area contributed by atoms with Crippen molar-refractivity contribution < 1.29 is 18.7 Å². The summed E-state index contributed by atoms with van der Waals surface area (Å²) in [4.78, 5) is 13.4. The van der Waals surface area contributed by atoms with E-state index in [0.717, 1.165) is 21.5 Å². The maximum Gasteiger partial charge on any atom is 0.342 e. The molecule has 3 aromatic rings. The zero-order chi connectivity index (χ0) is 17.1. The Balaban J connectivity index is 1.82. The number of aryl methyl sites for hydroxylation is 1. The Kier molecular flexibility index (Phi) is 4.77. The third-order valence-electron chi connectivity index (χ3n) is 2.94. The van der Waals surface area contributed by atoms with Crippen LogP contribution >= 0.6 is 23.1 Å². The molecule has 0 aliphatic heterocycles. The summed E-state index contributed by atoms with van der Waals surface area (Å²) in [5.41, 5.74) is 0.561. The quantitative estimate of drug-likeness (QED) is 0.533. The molecule has 5 nitrogen and oxygen atoms in total. The van der Waals surface area contributed by atoms with Gasteiger partial charge in [-0.1, -0.05) is 0 Å². The second kappa shape index (κ2) is 6.98. The third-order valence-corrected chi connectivity index (χ3v) is 4.74. The van der Waals surface area contributed by atoms with Crippen molar-refractivity contribution in [2.45, 2.75) is 12.1 Å². The molecule has 3 rings (SSSR count). The molecule has 0 atom stereocenters. The van der Waals surface area contributed by atoms with Gasteiger partial charge >= 0.3 is 5.97 Å². The average Bonchev–Trinajstić information content (AvgIpc) is 3.17. The standard InChI is InChI=1S/C16H11FN2O3S2/c1-9-2-7-12(23-9)8-13(15(20)21)24-16-19-18-14(22-16)10-3-5-11(17)6-4-10/h2-8H,1H3,(H,20,21)/b13-8+. The largest absolute Gasteiger partial charge is 0.477 e. The van der Waals surface area contributed by atoms with E-state index in [4.69, 9.17) is 4.42 Å². The molecule has 2 heterocycles. The smallest absolute Gasteiger partial charge is 0.342 e. The summed E-state index contributed by atoms with van der Waals surface area (Å²) in [6, 6.07) is 9.36. The van der Waals surface area contributed by atoms with Crippen LogP contribution in [0, 0.1) is 12.7 Å². The molecule has 0 fully saturated rings. The van der Waals surface area contributed by atoms with Crippen molar-refractivity contribution in [3.63, 3.8) is 0 Å². The molecular formula is C16H11FN2O3S2. The molecule has 0 saturated carbocycles. The van der Waals surface area contributed by atoms with Gasteiger partial charge in [-0.05, 0) is 61.2 Å². The van der Waals surface area contributed by atoms with Gasteiger partial charge in [0.25, 0.3) is 5.22 Å². The number of thiophene rings is 1. The first-order valence-electron chi connectivity index (χ1n) is 6.80. The molecule has 122 valence electrons. The topological polar surface area (TPSA) is 76.2 Å². The van der Waals surface area contributed by atoms with E-state index in [0.29, 0.717) is 5.56 Å². The molecule has 0 spiro atoms. The predicted octanol–water partition coefficient (Wildman–Crippen LogP) is 4.46. The van der Waals surface area contributed by atoms with Crippen LogP contribution in [0.2, 0.25) is 0 Å². The number of halogens is 1. The first kappa shape index (κ1) is 16.4. The van der Waals surface area contributed by atoms with Crippen molar-refractivity contribution in [1.29, 1.82) is 0 Å². The molecule has 0 bridgehead atoms. The molecule has 0 aliphatic rings. The highest BCUT2D eigenvalue weighted by Crippen LogP contribution is 2.31. The molecule has 24 heavy (non-hydrogen) atoms. The fourth-order valence-electron chi connectivity index (χ4n) is 1.85. The highest BCUT2D eigenvalue weighted by atomic mass is 32.2. The fourth-order valence-corrected chi connectivity index (χ4v) is 3.41. The van der Waals surface area contributed by atoms with E-state index < -0.39 is 5.97 Å². The average molecular weight is 362 g/mol. The minimum absolute atomic E-state index is 0.0751. The van der Waals surface area contributed by atoms with E-state index in [9.17, 15) is 14.3 Å². The molecule has 0 saturated heterocycles. The number of benzene rings is 1. The number of carboxylic acid groups (broad SMARTS) is 1. The number of rotatable bonds is 5. The third kappa shape index (κ3) is 3.90. The molecule has 1 N–H and O–H groups in total. The maximum absolute atomic E-state index is 12.9. The minimum atomic E-state index is -1.08. The molecule has 0 aliphatic carbocycles. The Hall–Kier alpha value is -2.45. The lowest BCUT2D eigenvalue weighted by atomic mass is 10.2. The van der Waals surface area contributed by atoms with Gasteiger partial charge in [-0.3, -0.25) is 0 Å². The summed E-state index contributed by atoms with van der Waals surface area (Å²) in [6.45, 7) is 1.95. The number of aromatic nitrogens is 2. The van der Waals surface area contributed by atoms with Gasteiger partial charge in [0.15, 0.2) is 0 Å². The number of hydrogen-bond acceptors (Lipinski definition) is 6. The van der Waals surface area contributed by atoms with Crippen molar-refractivity contribution in [2.24, 2.45) is 0 Å². The van der Waals surface area contributed by atoms with Crippen LogP contribution in [0.15, 0.2) is 50.9 Å². The summed E-state index contributed by atoms with van der Waals surface area (Å²) in [5, 5.41) is 17.1. The summed E-state index contributed by atoms with van der Waals surface area (Å²) in [5.74, 6) is -1.24.